The van der Waals surface area contributed by atoms with Crippen molar-refractivity contribution in [2.24, 2.45) is 0 Å². The Labute approximate surface area is 587 Å². The monoisotopic (exact) mass is 1520 g/mol. The SMILES string of the molecule is CCC(O)c1cccc(Br)n1.CCC(O[Si](C)(C)C(C)(C)C)c1cccc(Br)n1.CCC(O[Si](C)(C)C(C)(C)C)c1cccc(C=O)n1.CCCc1cccc(Cc2cnn3c(-c4ccc(C)o4)nc(N)nc23)n1.Cc1ccc(-c2nc(NC(C)(C)C)nc3c(Br)cnn23)o1. The van der Waals surface area contributed by atoms with Crippen molar-refractivity contribution in [1.82, 2.24) is 59.1 Å². The summed E-state index contributed by atoms with van der Waals surface area (Å²) in [6.45, 7) is 40.8. The standard InChI is InChI=1S/C19H20N6O.C15H25NO2Si.C14H16BrN5O.C14H24BrNOSi.C8H10BrNO/c1-3-5-14-6-4-7-15(22-14)10-13-11-21-25-17(13)23-19(20)24-18(25)16-9-8-12(2)26-16;1-7-14(18-19(5,6)15(2,3)4)13-10-8-9-12(11-17)16-13;1-8-5-6-10(21-8)12-18-13(19-14(2,3)4)17-11-9(15)7-16-20(11)12;1-7-12(11-9-8-10-13(15)16-11)17-18(5,6)14(2,3)4;1-2-7(11)6-4-3-5-8(9)10-6/h4,6-9,11H,3,5,10H2,1-2H3,(H2,20,23);8-11,14H,7H2,1-6H3;5-7H,1-4H3,(H,17,19);8-10,12H,7H2,1-6H3;3-5,7,11H,2H2,1H3. The van der Waals surface area contributed by atoms with Crippen molar-refractivity contribution in [1.29, 1.82) is 0 Å². The summed E-state index contributed by atoms with van der Waals surface area (Å²) in [6, 6.07) is 30.7. The van der Waals surface area contributed by atoms with Crippen LogP contribution in [0.5, 0.6) is 0 Å². The van der Waals surface area contributed by atoms with E-state index < -0.39 is 22.7 Å². The molecular weight excluding hydrogens is 1430 g/mol. The molecule has 0 bridgehead atoms. The first kappa shape index (κ1) is 77.3. The Morgan fingerprint density at radius 3 is 1.58 bits per heavy atom. The van der Waals surface area contributed by atoms with Crippen LogP contribution in [-0.4, -0.2) is 92.7 Å². The summed E-state index contributed by atoms with van der Waals surface area (Å²) < 4.78 is 30.0. The van der Waals surface area contributed by atoms with Gasteiger partial charge in [-0.05, 0) is 217 Å². The Morgan fingerprint density at radius 2 is 1.08 bits per heavy atom. The number of aromatic nitrogens is 12. The molecule has 20 nitrogen and oxygen atoms in total. The molecule has 4 N–H and O–H groups in total. The van der Waals surface area contributed by atoms with Crippen LogP contribution >= 0.6 is 47.8 Å². The third kappa shape index (κ3) is 22.2. The molecule has 0 aromatic carbocycles. The Hall–Kier alpha value is -6.72. The number of hydrogen-bond donors (Lipinski definition) is 3. The Balaban J connectivity index is 0.000000192. The average molecular weight is 1520 g/mol. The van der Waals surface area contributed by atoms with Gasteiger partial charge in [-0.15, -0.1) is 0 Å². The topological polar surface area (TPSA) is 258 Å². The molecular formula is C70H95Br3N14O6Si2. The summed E-state index contributed by atoms with van der Waals surface area (Å²) in [5.74, 6) is 4.79. The molecule has 0 aliphatic heterocycles. The van der Waals surface area contributed by atoms with Crippen LogP contribution in [0.2, 0.25) is 36.3 Å². The second kappa shape index (κ2) is 34.0. The van der Waals surface area contributed by atoms with Crippen molar-refractivity contribution in [3.05, 3.63) is 174 Å². The molecule has 25 heteroatoms. The Morgan fingerprint density at radius 1 is 0.589 bits per heavy atom. The smallest absolute Gasteiger partial charge is 0.227 e. The molecule has 10 heterocycles. The van der Waals surface area contributed by atoms with E-state index in [1.54, 1.807) is 27.5 Å². The van der Waals surface area contributed by atoms with Crippen LogP contribution in [-0.2, 0) is 21.7 Å². The number of nitrogens with one attached hydrogen (secondary N) is 1. The maximum Gasteiger partial charge on any atom is 0.227 e. The predicted octanol–water partition coefficient (Wildman–Crippen LogP) is 18.9. The zero-order valence-electron chi connectivity index (χ0n) is 58.5. The summed E-state index contributed by atoms with van der Waals surface area (Å²) in [7, 11) is -3.57. The minimum absolute atomic E-state index is 0.0270. The summed E-state index contributed by atoms with van der Waals surface area (Å²) in [6.07, 6.45) is 9.10. The molecule has 0 fully saturated rings. The number of hydrogen-bond acceptors (Lipinski definition) is 18. The van der Waals surface area contributed by atoms with Crippen molar-refractivity contribution in [3.63, 3.8) is 0 Å². The minimum atomic E-state index is -1.83. The maximum absolute atomic E-state index is 10.8. The molecule has 0 amide bonds. The van der Waals surface area contributed by atoms with Crippen molar-refractivity contribution >= 4 is 93.9 Å². The molecule has 3 unspecified atom stereocenters. The molecule has 0 aliphatic carbocycles. The lowest BCUT2D eigenvalue weighted by Crippen LogP contribution is -2.41. The maximum atomic E-state index is 10.8. The third-order valence-electron chi connectivity index (χ3n) is 15.9. The number of pyridine rings is 4. The van der Waals surface area contributed by atoms with Crippen molar-refractivity contribution < 1.29 is 27.6 Å². The molecule has 95 heavy (non-hydrogen) atoms. The first-order chi connectivity index (χ1) is 44.6. The van der Waals surface area contributed by atoms with Gasteiger partial charge in [0.2, 0.25) is 23.5 Å². The van der Waals surface area contributed by atoms with E-state index in [-0.39, 0.29) is 33.8 Å². The highest BCUT2D eigenvalue weighted by Crippen LogP contribution is 2.42. The normalized spacial score (nSPS) is 12.9. The number of nitrogen functional groups attached to an aromatic ring is 1. The molecule has 10 rings (SSSR count). The number of aliphatic hydroxyl groups excluding tert-OH is 1. The van der Waals surface area contributed by atoms with Gasteiger partial charge in [-0.25, -0.2) is 15.0 Å². The van der Waals surface area contributed by atoms with Crippen molar-refractivity contribution in [2.75, 3.05) is 11.1 Å². The molecule has 10 aromatic heterocycles. The zero-order valence-corrected chi connectivity index (χ0v) is 65.3. The number of aryl methyl sites for hydroxylation is 3. The number of carbonyl (C=O) groups excluding carboxylic acids is 1. The van der Waals surface area contributed by atoms with E-state index in [2.05, 4.69) is 214 Å². The zero-order chi connectivity index (χ0) is 70.2. The molecule has 0 aliphatic rings. The van der Waals surface area contributed by atoms with Gasteiger partial charge in [0.05, 0.1) is 52.3 Å². The van der Waals surface area contributed by atoms with Gasteiger partial charge in [0.1, 0.15) is 26.4 Å². The highest BCUT2D eigenvalue weighted by atomic mass is 79.9. The minimum Gasteiger partial charge on any atom is -0.458 e. The highest BCUT2D eigenvalue weighted by molar-refractivity contribution is 9.11. The van der Waals surface area contributed by atoms with Crippen LogP contribution in [0.4, 0.5) is 11.9 Å². The second-order valence-corrected chi connectivity index (χ2v) is 39.0. The van der Waals surface area contributed by atoms with E-state index >= 15 is 0 Å². The van der Waals surface area contributed by atoms with Gasteiger partial charge in [0, 0.05) is 28.9 Å². The summed E-state index contributed by atoms with van der Waals surface area (Å²) in [5, 5.41) is 21.8. The van der Waals surface area contributed by atoms with E-state index in [0.717, 1.165) is 91.2 Å². The first-order valence-corrected chi connectivity index (χ1v) is 40.3. The molecule has 0 saturated carbocycles. The predicted molar refractivity (Wildman–Crippen MR) is 394 cm³/mol. The van der Waals surface area contributed by atoms with Gasteiger partial charge < -0.3 is 33.8 Å². The van der Waals surface area contributed by atoms with Gasteiger partial charge >= 0.3 is 0 Å². The lowest BCUT2D eigenvalue weighted by molar-refractivity contribution is 0.111. The second-order valence-electron chi connectivity index (χ2n) is 27.0. The first-order valence-electron chi connectivity index (χ1n) is 32.1. The van der Waals surface area contributed by atoms with Crippen LogP contribution in [0.1, 0.15) is 190 Å². The fourth-order valence-corrected chi connectivity index (χ4v) is 12.6. The van der Waals surface area contributed by atoms with Crippen LogP contribution in [0.3, 0.4) is 0 Å². The molecule has 3 atom stereocenters. The van der Waals surface area contributed by atoms with Gasteiger partial charge in [-0.2, -0.15) is 39.2 Å². The number of anilines is 2. The summed E-state index contributed by atoms with van der Waals surface area (Å²) >= 11 is 10.1. The molecule has 0 saturated heterocycles. The van der Waals surface area contributed by atoms with Gasteiger partial charge in [0.25, 0.3) is 0 Å². The number of aliphatic hydroxyl groups is 1. The lowest BCUT2D eigenvalue weighted by atomic mass is 10.1. The van der Waals surface area contributed by atoms with Crippen LogP contribution in [0.15, 0.2) is 132 Å². The fraction of sp³-hybridized carbons (Fsp3) is 0.443. The number of halogens is 3. The lowest BCUT2D eigenvalue weighted by Gasteiger charge is -2.39. The number of fused-ring (bicyclic) bond motifs is 2. The molecule has 510 valence electrons. The van der Waals surface area contributed by atoms with Gasteiger partial charge in [0.15, 0.2) is 45.7 Å². The van der Waals surface area contributed by atoms with E-state index in [4.69, 9.17) is 28.4 Å². The van der Waals surface area contributed by atoms with Crippen LogP contribution < -0.4 is 11.1 Å². The number of nitrogens with two attached hydrogens (primary N) is 1. The largest absolute Gasteiger partial charge is 0.458 e. The fourth-order valence-electron chi connectivity index (χ4n) is 8.86. The number of rotatable bonds is 18. The van der Waals surface area contributed by atoms with Crippen molar-refractivity contribution in [2.45, 2.75) is 202 Å². The van der Waals surface area contributed by atoms with Gasteiger partial charge in [-0.3, -0.25) is 9.78 Å². The number of carbonyl (C=O) groups is 1. The summed E-state index contributed by atoms with van der Waals surface area (Å²) in [4.78, 5) is 46.3. The highest BCUT2D eigenvalue weighted by Gasteiger charge is 2.40. The number of furan rings is 2. The quantitative estimate of drug-likeness (QED) is 0.0410. The van der Waals surface area contributed by atoms with Crippen molar-refractivity contribution in [3.8, 4) is 23.2 Å². The van der Waals surface area contributed by atoms with E-state index in [0.29, 0.717) is 58.9 Å². The number of aldehydes is 1. The van der Waals surface area contributed by atoms with E-state index in [1.807, 2.05) is 106 Å². The molecule has 0 spiro atoms. The average Bonchev–Trinajstić information content (AvgIpc) is 1.66. The van der Waals surface area contributed by atoms with E-state index in [9.17, 15) is 9.90 Å². The number of nitrogens with zero attached hydrogens (tertiary/aromatic N) is 12. The van der Waals surface area contributed by atoms with Crippen LogP contribution in [0, 0.1) is 13.8 Å². The van der Waals surface area contributed by atoms with Gasteiger partial charge in [-0.1, -0.05) is 99.9 Å². The Bertz CT molecular complexity index is 4100. The van der Waals surface area contributed by atoms with Crippen LogP contribution in [0.25, 0.3) is 34.5 Å². The molecule has 0 radical (unpaired) electrons. The Kier molecular flexibility index (Phi) is 27.6. The van der Waals surface area contributed by atoms with E-state index in [1.165, 1.54) is 0 Å². The summed E-state index contributed by atoms with van der Waals surface area (Å²) in [5.41, 5.74) is 13.3. The third-order valence-corrected chi connectivity index (χ3v) is 26.4. The molecule has 10 aromatic rings.